The normalized spacial score (nSPS) is 26.7. The number of nitrogens with zero attached hydrogens (tertiary/aromatic N) is 4. The van der Waals surface area contributed by atoms with E-state index in [1.807, 2.05) is 19.1 Å². The van der Waals surface area contributed by atoms with E-state index in [0.717, 1.165) is 0 Å². The van der Waals surface area contributed by atoms with Gasteiger partial charge in [-0.3, -0.25) is 4.57 Å². The molecule has 1 fully saturated rings. The molecular weight excluding hydrogens is 384 g/mol. The second-order valence-corrected chi connectivity index (χ2v) is 7.16. The highest BCUT2D eigenvalue weighted by Gasteiger charge is 2.51. The second-order valence-electron chi connectivity index (χ2n) is 5.50. The molecule has 2 aromatic heterocycles. The van der Waals surface area contributed by atoms with Crippen LogP contribution in [0, 0.1) is 0 Å². The zero-order chi connectivity index (χ0) is 18.7. The predicted octanol–water partition coefficient (Wildman–Crippen LogP) is 2.01. The molecule has 0 aromatic carbocycles. The fourth-order valence-corrected chi connectivity index (χ4v) is 3.52. The Labute approximate surface area is 154 Å². The summed E-state index contributed by atoms with van der Waals surface area (Å²) in [4.78, 5) is 12.5. The van der Waals surface area contributed by atoms with Crippen LogP contribution >= 0.6 is 19.5 Å². The molecule has 1 saturated heterocycles. The van der Waals surface area contributed by atoms with Crippen molar-refractivity contribution in [3.05, 3.63) is 24.8 Å². The van der Waals surface area contributed by atoms with Gasteiger partial charge in [0.05, 0.1) is 12.9 Å². The number of aliphatic hydroxyl groups excluding tert-OH is 1. The van der Waals surface area contributed by atoms with E-state index in [-0.39, 0.29) is 0 Å². The van der Waals surface area contributed by atoms with E-state index in [0.29, 0.717) is 23.5 Å². The number of halogens is 1. The average Bonchev–Trinajstić information content (AvgIpc) is 3.17. The maximum Gasteiger partial charge on any atom is 0.582 e. The highest BCUT2D eigenvalue weighted by molar-refractivity contribution is 8.39. The molecule has 0 amide bonds. The molecule has 3 unspecified atom stereocenters. The Balaban J connectivity index is 1.90. The molecule has 0 bridgehead atoms. The number of ether oxygens (including phenoxy) is 1. The zero-order valence-electron chi connectivity index (χ0n) is 13.8. The fraction of sp³-hybridized carbons (Fsp3) is 0.500. The number of allylic oxidation sites excluding steroid dienone is 1. The van der Waals surface area contributed by atoms with Gasteiger partial charge >= 0.3 is 7.23 Å². The minimum absolute atomic E-state index is 0.364. The molecule has 12 heteroatoms. The molecule has 2 aromatic rings. The Morgan fingerprint density at radius 2 is 2.35 bits per heavy atom. The summed E-state index contributed by atoms with van der Waals surface area (Å²) < 4.78 is 38.0. The minimum Gasteiger partial charge on any atom is -0.394 e. The Morgan fingerprint density at radius 1 is 1.54 bits per heavy atom. The molecule has 0 aliphatic carbocycles. The van der Waals surface area contributed by atoms with Crippen molar-refractivity contribution >= 4 is 36.5 Å². The number of alkyl halides is 1. The molecule has 5 atom stereocenters. The van der Waals surface area contributed by atoms with Gasteiger partial charge in [0.25, 0.3) is 0 Å². The van der Waals surface area contributed by atoms with Gasteiger partial charge in [0.15, 0.2) is 35.5 Å². The summed E-state index contributed by atoms with van der Waals surface area (Å²) in [7, 11) is -2.35. The molecule has 26 heavy (non-hydrogen) atoms. The first-order valence-electron chi connectivity index (χ1n) is 7.82. The monoisotopic (exact) mass is 402 g/mol. The summed E-state index contributed by atoms with van der Waals surface area (Å²) in [6.07, 6.45) is 1.51. The molecule has 2 N–H and O–H groups in total. The van der Waals surface area contributed by atoms with E-state index in [9.17, 15) is 14.1 Å². The van der Waals surface area contributed by atoms with Crippen LogP contribution in [0.25, 0.3) is 11.2 Å². The van der Waals surface area contributed by atoms with Crippen molar-refractivity contribution in [2.45, 2.75) is 31.5 Å². The molecule has 0 radical (unpaired) electrons. The number of rotatable bonds is 7. The first-order valence-corrected chi connectivity index (χ1v) is 10.2. The maximum atomic E-state index is 14.8. The lowest BCUT2D eigenvalue weighted by Gasteiger charge is -2.15. The van der Waals surface area contributed by atoms with Gasteiger partial charge in [-0.1, -0.05) is 12.2 Å². The number of nitrogens with one attached hydrogen (secondary N) is 1. The lowest BCUT2D eigenvalue weighted by Crippen LogP contribution is -2.31. The van der Waals surface area contributed by atoms with Gasteiger partial charge < -0.3 is 15.2 Å². The zero-order valence-corrected chi connectivity index (χ0v) is 15.6. The van der Waals surface area contributed by atoms with Gasteiger partial charge in [0.1, 0.15) is 24.7 Å². The third-order valence-electron chi connectivity index (χ3n) is 3.91. The van der Waals surface area contributed by atoms with Crippen LogP contribution in [0.15, 0.2) is 24.8 Å². The molecule has 1 aliphatic heterocycles. The largest absolute Gasteiger partial charge is 0.582 e. The van der Waals surface area contributed by atoms with Crippen LogP contribution in [0.5, 0.6) is 0 Å². The van der Waals surface area contributed by atoms with Crippen LogP contribution in [0.2, 0.25) is 0 Å². The van der Waals surface area contributed by atoms with Gasteiger partial charge in [-0.2, -0.15) is 0 Å². The SMILES string of the molecule is C/C=C/CNc1ncnc2c1ncn2C1OC(CO)[C@@H](O[P+](=O)S)[C@H]1F. The topological polar surface area (TPSA) is 111 Å². The first kappa shape index (κ1) is 19.1. The van der Waals surface area contributed by atoms with Crippen molar-refractivity contribution in [3.63, 3.8) is 0 Å². The van der Waals surface area contributed by atoms with Crippen molar-refractivity contribution in [3.8, 4) is 0 Å². The number of aromatic nitrogens is 4. The van der Waals surface area contributed by atoms with Gasteiger partial charge in [0, 0.05) is 6.54 Å². The molecule has 140 valence electrons. The lowest BCUT2D eigenvalue weighted by molar-refractivity contribution is -0.0427. The Hall–Kier alpha value is -1.65. The quantitative estimate of drug-likeness (QED) is 0.366. The molecule has 0 saturated carbocycles. The number of hydrogen-bond donors (Lipinski definition) is 3. The first-order chi connectivity index (χ1) is 12.6. The van der Waals surface area contributed by atoms with Gasteiger partial charge in [0.2, 0.25) is 0 Å². The van der Waals surface area contributed by atoms with Crippen LogP contribution in [0.1, 0.15) is 13.2 Å². The smallest absolute Gasteiger partial charge is 0.394 e. The van der Waals surface area contributed by atoms with Crippen LogP contribution < -0.4 is 5.32 Å². The third-order valence-corrected chi connectivity index (χ3v) is 4.62. The van der Waals surface area contributed by atoms with Crippen molar-refractivity contribution in [1.29, 1.82) is 0 Å². The molecule has 0 spiro atoms. The van der Waals surface area contributed by atoms with Gasteiger partial charge in [-0.25, -0.2) is 19.3 Å². The molecule has 3 rings (SSSR count). The molecule has 9 nitrogen and oxygen atoms in total. The molecular formula is C14H18FN5O4PS+. The van der Waals surface area contributed by atoms with E-state index in [4.69, 9.17) is 9.26 Å². The number of fused-ring (bicyclic) bond motifs is 1. The summed E-state index contributed by atoms with van der Waals surface area (Å²) in [6, 6.07) is 0. The second kappa shape index (κ2) is 8.36. The Kier molecular flexibility index (Phi) is 6.15. The summed E-state index contributed by atoms with van der Waals surface area (Å²) in [5.41, 5.74) is 0.821. The fourth-order valence-electron chi connectivity index (χ4n) is 2.74. The summed E-state index contributed by atoms with van der Waals surface area (Å²) in [6.45, 7) is 1.97. The highest BCUT2D eigenvalue weighted by atomic mass is 32.7. The van der Waals surface area contributed by atoms with Crippen molar-refractivity contribution in [2.75, 3.05) is 18.5 Å². The number of imidazole rings is 1. The van der Waals surface area contributed by atoms with Gasteiger partial charge in [-0.15, -0.1) is 4.52 Å². The number of anilines is 1. The van der Waals surface area contributed by atoms with Crippen molar-refractivity contribution in [1.82, 2.24) is 19.5 Å². The molecule has 1 aliphatic rings. The lowest BCUT2D eigenvalue weighted by atomic mass is 10.1. The van der Waals surface area contributed by atoms with E-state index in [2.05, 4.69) is 32.5 Å². The van der Waals surface area contributed by atoms with Crippen molar-refractivity contribution < 1.29 is 23.3 Å². The van der Waals surface area contributed by atoms with Crippen LogP contribution in [0.4, 0.5) is 10.2 Å². The Bertz CT molecular complexity index is 822. The highest BCUT2D eigenvalue weighted by Crippen LogP contribution is 2.41. The predicted molar refractivity (Wildman–Crippen MR) is 96.0 cm³/mol. The summed E-state index contributed by atoms with van der Waals surface area (Å²) in [5.74, 6) is 0.505. The van der Waals surface area contributed by atoms with Crippen molar-refractivity contribution in [2.24, 2.45) is 0 Å². The standard InChI is InChI=1S/C14H17FN5O4PS/c1-2-3-4-16-12-10-13(18-6-17-12)20(7-19-10)14-9(15)11(24-25(22)26)8(5-21)23-14/h2-3,6-9,11,14,21H,4-5H2,1H3,(H-,16,17,18,22,26)/p+1/b3-2+/t8?,9-,11-,14?/m1/s1. The molecule has 3 heterocycles. The average molecular weight is 402 g/mol. The summed E-state index contributed by atoms with van der Waals surface area (Å²) in [5, 5.41) is 12.5. The van der Waals surface area contributed by atoms with E-state index in [1.54, 1.807) is 0 Å². The number of hydrogen-bond acceptors (Lipinski definition) is 8. The van der Waals surface area contributed by atoms with Gasteiger partial charge in [-0.05, 0) is 11.5 Å². The van der Waals surface area contributed by atoms with Crippen LogP contribution in [0.3, 0.4) is 0 Å². The summed E-state index contributed by atoms with van der Waals surface area (Å²) >= 11 is 3.64. The van der Waals surface area contributed by atoms with Crippen LogP contribution in [-0.2, 0) is 13.8 Å². The maximum absolute atomic E-state index is 14.8. The Morgan fingerprint density at radius 3 is 3.04 bits per heavy atom. The van der Waals surface area contributed by atoms with E-state index < -0.39 is 38.4 Å². The van der Waals surface area contributed by atoms with Crippen LogP contribution in [-0.4, -0.2) is 56.2 Å². The van der Waals surface area contributed by atoms with E-state index in [1.165, 1.54) is 17.2 Å². The van der Waals surface area contributed by atoms with E-state index >= 15 is 0 Å². The number of thiol groups is 1. The third kappa shape index (κ3) is 3.72. The number of aliphatic hydroxyl groups is 1. The minimum atomic E-state index is -2.35.